The van der Waals surface area contributed by atoms with Crippen molar-refractivity contribution in [2.75, 3.05) is 14.2 Å². The molecule has 6 heteroatoms. The first-order chi connectivity index (χ1) is 13.5. The van der Waals surface area contributed by atoms with E-state index in [0.29, 0.717) is 24.5 Å². The quantitative estimate of drug-likeness (QED) is 0.585. The van der Waals surface area contributed by atoms with Crippen LogP contribution in [0.25, 0.3) is 0 Å². The minimum Gasteiger partial charge on any atom is -0.496 e. The summed E-state index contributed by atoms with van der Waals surface area (Å²) in [7, 11) is 3.43. The van der Waals surface area contributed by atoms with Crippen LogP contribution < -0.4 is 9.47 Å². The number of amides is 1. The van der Waals surface area contributed by atoms with Crippen molar-refractivity contribution in [3.63, 3.8) is 0 Å². The van der Waals surface area contributed by atoms with Gasteiger partial charge in [0.25, 0.3) is 5.91 Å². The highest BCUT2D eigenvalue weighted by Gasteiger charge is 2.14. The van der Waals surface area contributed by atoms with E-state index in [1.165, 1.54) is 0 Å². The predicted molar refractivity (Wildman–Crippen MR) is 111 cm³/mol. The topological polar surface area (TPSA) is 51.7 Å². The second-order valence-electron chi connectivity index (χ2n) is 6.65. The van der Waals surface area contributed by atoms with Crippen LogP contribution in [0, 0.1) is 13.8 Å². The van der Waals surface area contributed by atoms with Gasteiger partial charge < -0.3 is 14.4 Å². The van der Waals surface area contributed by atoms with E-state index in [9.17, 15) is 4.79 Å². The van der Waals surface area contributed by atoms with Gasteiger partial charge in [-0.3, -0.25) is 4.79 Å². The average Bonchev–Trinajstić information content (AvgIpc) is 3.11. The van der Waals surface area contributed by atoms with E-state index in [-0.39, 0.29) is 5.91 Å². The zero-order valence-electron chi connectivity index (χ0n) is 16.6. The molecule has 0 bridgehead atoms. The number of aromatic nitrogens is 1. The Labute approximate surface area is 169 Å². The monoisotopic (exact) mass is 396 g/mol. The van der Waals surface area contributed by atoms with Gasteiger partial charge in [0.15, 0.2) is 0 Å². The van der Waals surface area contributed by atoms with Crippen LogP contribution in [0.3, 0.4) is 0 Å². The summed E-state index contributed by atoms with van der Waals surface area (Å²) in [6.45, 7) is 4.89. The highest BCUT2D eigenvalue weighted by atomic mass is 32.1. The summed E-state index contributed by atoms with van der Waals surface area (Å²) < 4.78 is 11.2. The SMILES string of the molecule is COc1ccc(C)cc1CN(C)C(=O)c1ccc(OCc2csc(C)n2)cc1. The van der Waals surface area contributed by atoms with E-state index in [0.717, 1.165) is 27.6 Å². The summed E-state index contributed by atoms with van der Waals surface area (Å²) >= 11 is 1.60. The molecule has 0 aliphatic heterocycles. The zero-order valence-corrected chi connectivity index (χ0v) is 17.4. The molecule has 3 aromatic rings. The lowest BCUT2D eigenvalue weighted by Crippen LogP contribution is -2.26. The minimum atomic E-state index is -0.0507. The molecule has 28 heavy (non-hydrogen) atoms. The molecule has 0 saturated heterocycles. The predicted octanol–water partition coefficient (Wildman–Crippen LogP) is 4.62. The first-order valence-electron chi connectivity index (χ1n) is 8.99. The van der Waals surface area contributed by atoms with Crippen LogP contribution in [-0.4, -0.2) is 29.9 Å². The van der Waals surface area contributed by atoms with Crippen molar-refractivity contribution < 1.29 is 14.3 Å². The molecule has 1 heterocycles. The lowest BCUT2D eigenvalue weighted by molar-refractivity contribution is 0.0784. The Morgan fingerprint density at radius 3 is 2.54 bits per heavy atom. The molecular formula is C22H24N2O3S. The maximum atomic E-state index is 12.8. The maximum Gasteiger partial charge on any atom is 0.253 e. The molecule has 0 aliphatic carbocycles. The number of hydrogen-bond acceptors (Lipinski definition) is 5. The van der Waals surface area contributed by atoms with Gasteiger partial charge in [-0.1, -0.05) is 17.7 Å². The molecule has 0 aliphatic rings. The normalized spacial score (nSPS) is 10.6. The van der Waals surface area contributed by atoms with Gasteiger partial charge in [0.05, 0.1) is 17.8 Å². The molecule has 0 fully saturated rings. The first kappa shape index (κ1) is 19.9. The molecular weight excluding hydrogens is 372 g/mol. The summed E-state index contributed by atoms with van der Waals surface area (Å²) in [6, 6.07) is 13.2. The third kappa shape index (κ3) is 4.89. The van der Waals surface area contributed by atoms with Crippen molar-refractivity contribution in [1.29, 1.82) is 0 Å². The number of carbonyl (C=O) groups excluding carboxylic acids is 1. The fraction of sp³-hybridized carbons (Fsp3) is 0.273. The van der Waals surface area contributed by atoms with Crippen molar-refractivity contribution in [2.45, 2.75) is 27.0 Å². The number of thiazole rings is 1. The summed E-state index contributed by atoms with van der Waals surface area (Å²) in [5.41, 5.74) is 3.64. The van der Waals surface area contributed by atoms with Crippen molar-refractivity contribution in [3.8, 4) is 11.5 Å². The molecule has 146 valence electrons. The summed E-state index contributed by atoms with van der Waals surface area (Å²) in [6.07, 6.45) is 0. The van der Waals surface area contributed by atoms with E-state index in [4.69, 9.17) is 9.47 Å². The average molecular weight is 397 g/mol. The zero-order chi connectivity index (χ0) is 20.1. The van der Waals surface area contributed by atoms with E-state index < -0.39 is 0 Å². The van der Waals surface area contributed by atoms with Gasteiger partial charge in [-0.05, 0) is 44.2 Å². The van der Waals surface area contributed by atoms with Gasteiger partial charge in [-0.15, -0.1) is 11.3 Å². The number of rotatable bonds is 7. The third-order valence-corrected chi connectivity index (χ3v) is 5.17. The highest BCUT2D eigenvalue weighted by Crippen LogP contribution is 2.22. The highest BCUT2D eigenvalue weighted by molar-refractivity contribution is 7.09. The van der Waals surface area contributed by atoms with Crippen LogP contribution in [0.1, 0.15) is 32.2 Å². The molecule has 0 atom stereocenters. The van der Waals surface area contributed by atoms with Gasteiger partial charge in [0.1, 0.15) is 18.1 Å². The van der Waals surface area contributed by atoms with Gasteiger partial charge in [0, 0.05) is 30.1 Å². The Morgan fingerprint density at radius 2 is 1.89 bits per heavy atom. The van der Waals surface area contributed by atoms with E-state index in [2.05, 4.69) is 4.98 Å². The molecule has 5 nitrogen and oxygen atoms in total. The Balaban J connectivity index is 1.63. The molecule has 1 aromatic heterocycles. The smallest absolute Gasteiger partial charge is 0.253 e. The summed E-state index contributed by atoms with van der Waals surface area (Å²) in [5, 5.41) is 3.01. The lowest BCUT2D eigenvalue weighted by Gasteiger charge is -2.19. The van der Waals surface area contributed by atoms with Crippen LogP contribution in [0.2, 0.25) is 0 Å². The molecule has 2 aromatic carbocycles. The van der Waals surface area contributed by atoms with Crippen LogP contribution in [0.5, 0.6) is 11.5 Å². The standard InChI is InChI=1S/C22H24N2O3S/c1-15-5-10-21(26-4)18(11-15)12-24(3)22(25)17-6-8-20(9-7-17)27-13-19-14-28-16(2)23-19/h5-11,14H,12-13H2,1-4H3. The molecule has 0 radical (unpaired) electrons. The largest absolute Gasteiger partial charge is 0.496 e. The van der Waals surface area contributed by atoms with Crippen molar-refractivity contribution >= 4 is 17.2 Å². The Hall–Kier alpha value is -2.86. The first-order valence-corrected chi connectivity index (χ1v) is 9.87. The third-order valence-electron chi connectivity index (χ3n) is 4.34. The number of carbonyl (C=O) groups is 1. The van der Waals surface area contributed by atoms with E-state index in [1.54, 1.807) is 42.5 Å². The summed E-state index contributed by atoms with van der Waals surface area (Å²) in [4.78, 5) is 18.8. The molecule has 1 amide bonds. The number of benzene rings is 2. The van der Waals surface area contributed by atoms with Crippen LogP contribution in [0.15, 0.2) is 47.8 Å². The van der Waals surface area contributed by atoms with Crippen molar-refractivity contribution in [2.24, 2.45) is 0 Å². The second-order valence-corrected chi connectivity index (χ2v) is 7.71. The molecule has 0 unspecified atom stereocenters. The van der Waals surface area contributed by atoms with Crippen LogP contribution in [-0.2, 0) is 13.2 Å². The van der Waals surface area contributed by atoms with Crippen molar-refractivity contribution in [3.05, 3.63) is 75.2 Å². The number of methoxy groups -OCH3 is 1. The van der Waals surface area contributed by atoms with Gasteiger partial charge in [0.2, 0.25) is 0 Å². The van der Waals surface area contributed by atoms with E-state index >= 15 is 0 Å². The van der Waals surface area contributed by atoms with E-state index in [1.807, 2.05) is 49.6 Å². The van der Waals surface area contributed by atoms with Crippen molar-refractivity contribution in [1.82, 2.24) is 9.88 Å². The fourth-order valence-corrected chi connectivity index (χ4v) is 3.50. The van der Waals surface area contributed by atoms with Gasteiger partial charge in [-0.25, -0.2) is 4.98 Å². The number of ether oxygens (including phenoxy) is 2. The van der Waals surface area contributed by atoms with Crippen LogP contribution >= 0.6 is 11.3 Å². The molecule has 3 rings (SSSR count). The number of hydrogen-bond donors (Lipinski definition) is 0. The lowest BCUT2D eigenvalue weighted by atomic mass is 10.1. The minimum absolute atomic E-state index is 0.0507. The van der Waals surface area contributed by atoms with Gasteiger partial charge in [-0.2, -0.15) is 0 Å². The Kier molecular flexibility index (Phi) is 6.31. The Morgan fingerprint density at radius 1 is 1.14 bits per heavy atom. The second kappa shape index (κ2) is 8.89. The number of nitrogens with zero attached hydrogens (tertiary/aromatic N) is 2. The maximum absolute atomic E-state index is 12.8. The fourth-order valence-electron chi connectivity index (χ4n) is 2.90. The molecule has 0 saturated carbocycles. The molecule has 0 N–H and O–H groups in total. The number of aryl methyl sites for hydroxylation is 2. The summed E-state index contributed by atoms with van der Waals surface area (Å²) in [5.74, 6) is 1.45. The van der Waals surface area contributed by atoms with Gasteiger partial charge >= 0.3 is 0 Å². The van der Waals surface area contributed by atoms with Crippen LogP contribution in [0.4, 0.5) is 0 Å². The molecule has 0 spiro atoms. The Bertz CT molecular complexity index is 951.